The van der Waals surface area contributed by atoms with E-state index in [1.54, 1.807) is 10.4 Å². The third-order valence-corrected chi connectivity index (χ3v) is 6.82. The third kappa shape index (κ3) is 2.66. The van der Waals surface area contributed by atoms with Gasteiger partial charge in [-0.2, -0.15) is 4.31 Å². The summed E-state index contributed by atoms with van der Waals surface area (Å²) in [5, 5.41) is 0.481. The number of piperazine rings is 1. The number of halogens is 1. The second kappa shape index (κ2) is 5.38. The zero-order valence-electron chi connectivity index (χ0n) is 12.5. The Hall–Kier alpha value is -1.80. The molecule has 122 valence electrons. The highest BCUT2D eigenvalue weighted by Gasteiger charge is 2.41. The molecule has 0 N–H and O–H groups in total. The fraction of sp³-hybridized carbons (Fsp3) is 0.467. The van der Waals surface area contributed by atoms with E-state index < -0.39 is 10.0 Å². The molecule has 23 heavy (non-hydrogen) atoms. The number of aromatic nitrogens is 2. The molecule has 0 bridgehead atoms. The molecule has 2 heterocycles. The minimum atomic E-state index is -3.13. The Labute approximate surface area is 134 Å². The van der Waals surface area contributed by atoms with Gasteiger partial charge in [-0.3, -0.25) is 0 Å². The van der Waals surface area contributed by atoms with Crippen molar-refractivity contribution < 1.29 is 12.8 Å². The van der Waals surface area contributed by atoms with Crippen LogP contribution in [0.5, 0.6) is 0 Å². The highest BCUT2D eigenvalue weighted by atomic mass is 32.2. The smallest absolute Gasteiger partial charge is 0.217 e. The Morgan fingerprint density at radius 3 is 2.52 bits per heavy atom. The molecule has 1 aromatic heterocycles. The first-order valence-electron chi connectivity index (χ1n) is 7.70. The van der Waals surface area contributed by atoms with E-state index in [9.17, 15) is 12.8 Å². The monoisotopic (exact) mass is 336 g/mol. The lowest BCUT2D eigenvalue weighted by atomic mass is 10.2. The molecular formula is C15H17FN4O2S. The lowest BCUT2D eigenvalue weighted by molar-refractivity contribution is 0.383. The van der Waals surface area contributed by atoms with Gasteiger partial charge in [0.05, 0.1) is 10.8 Å². The van der Waals surface area contributed by atoms with Crippen molar-refractivity contribution in [2.75, 3.05) is 31.1 Å². The summed E-state index contributed by atoms with van der Waals surface area (Å²) in [4.78, 5) is 10.4. The van der Waals surface area contributed by atoms with Crippen LogP contribution < -0.4 is 4.90 Å². The lowest BCUT2D eigenvalue weighted by Gasteiger charge is -2.35. The van der Waals surface area contributed by atoms with Crippen LogP contribution >= 0.6 is 0 Å². The Kier molecular flexibility index (Phi) is 3.46. The molecular weight excluding hydrogens is 319 g/mol. The summed E-state index contributed by atoms with van der Waals surface area (Å²) in [5.41, 5.74) is 0.685. The second-order valence-electron chi connectivity index (χ2n) is 5.99. The molecule has 2 fully saturated rings. The van der Waals surface area contributed by atoms with Gasteiger partial charge in [0.2, 0.25) is 10.0 Å². The predicted molar refractivity (Wildman–Crippen MR) is 85.2 cm³/mol. The van der Waals surface area contributed by atoms with Crippen molar-refractivity contribution in [3.63, 3.8) is 0 Å². The van der Waals surface area contributed by atoms with Crippen molar-refractivity contribution in [3.8, 4) is 0 Å². The number of anilines is 1. The highest BCUT2D eigenvalue weighted by Crippen LogP contribution is 2.32. The highest BCUT2D eigenvalue weighted by molar-refractivity contribution is 7.90. The van der Waals surface area contributed by atoms with Gasteiger partial charge in [-0.05, 0) is 31.0 Å². The maximum Gasteiger partial charge on any atom is 0.217 e. The quantitative estimate of drug-likeness (QED) is 0.847. The van der Waals surface area contributed by atoms with Crippen molar-refractivity contribution in [1.29, 1.82) is 0 Å². The first kappa shape index (κ1) is 14.8. The van der Waals surface area contributed by atoms with Gasteiger partial charge in [0.25, 0.3) is 0 Å². The molecule has 2 aromatic rings. The summed E-state index contributed by atoms with van der Waals surface area (Å²) in [7, 11) is -3.13. The van der Waals surface area contributed by atoms with Gasteiger partial charge in [-0.25, -0.2) is 22.8 Å². The van der Waals surface area contributed by atoms with E-state index in [4.69, 9.17) is 0 Å². The van der Waals surface area contributed by atoms with Crippen LogP contribution in [0.15, 0.2) is 24.5 Å². The van der Waals surface area contributed by atoms with E-state index >= 15 is 0 Å². The lowest BCUT2D eigenvalue weighted by Crippen LogP contribution is -2.49. The van der Waals surface area contributed by atoms with Gasteiger partial charge in [0.15, 0.2) is 0 Å². The molecule has 6 nitrogen and oxygen atoms in total. The van der Waals surface area contributed by atoms with Crippen LogP contribution in [0.2, 0.25) is 0 Å². The number of hydrogen-bond donors (Lipinski definition) is 0. The normalized spacial score (nSPS) is 20.1. The van der Waals surface area contributed by atoms with Crippen molar-refractivity contribution in [3.05, 3.63) is 30.3 Å². The molecule has 4 rings (SSSR count). The van der Waals surface area contributed by atoms with Crippen LogP contribution in [0.3, 0.4) is 0 Å². The van der Waals surface area contributed by atoms with E-state index in [-0.39, 0.29) is 11.1 Å². The number of rotatable bonds is 3. The van der Waals surface area contributed by atoms with Crippen molar-refractivity contribution in [2.24, 2.45) is 0 Å². The number of fused-ring (bicyclic) bond motifs is 1. The first-order valence-corrected chi connectivity index (χ1v) is 9.20. The average molecular weight is 336 g/mol. The minimum Gasteiger partial charge on any atom is -0.353 e. The molecule has 1 saturated heterocycles. The van der Waals surface area contributed by atoms with Crippen molar-refractivity contribution in [1.82, 2.24) is 14.3 Å². The number of benzene rings is 1. The molecule has 0 amide bonds. The predicted octanol–water partition coefficient (Wildman–Crippen LogP) is 1.38. The number of nitrogens with zero attached hydrogens (tertiary/aromatic N) is 4. The van der Waals surface area contributed by atoms with Crippen LogP contribution in [-0.2, 0) is 10.0 Å². The van der Waals surface area contributed by atoms with E-state index in [2.05, 4.69) is 9.97 Å². The minimum absolute atomic E-state index is 0.178. The topological polar surface area (TPSA) is 66.4 Å². The average Bonchev–Trinajstić information content (AvgIpc) is 3.40. The Morgan fingerprint density at radius 1 is 1.09 bits per heavy atom. The van der Waals surface area contributed by atoms with Gasteiger partial charge < -0.3 is 4.90 Å². The van der Waals surface area contributed by atoms with Crippen LogP contribution in [0.25, 0.3) is 10.9 Å². The summed E-state index contributed by atoms with van der Waals surface area (Å²) < 4.78 is 39.7. The molecule has 8 heteroatoms. The van der Waals surface area contributed by atoms with Crippen LogP contribution in [0.1, 0.15) is 12.8 Å². The van der Waals surface area contributed by atoms with Crippen LogP contribution in [0.4, 0.5) is 10.2 Å². The summed E-state index contributed by atoms with van der Waals surface area (Å²) in [6.45, 7) is 1.99. The maximum atomic E-state index is 13.5. The number of sulfonamides is 1. The second-order valence-corrected chi connectivity index (χ2v) is 8.20. The standard InChI is InChI=1S/C15H17FN4O2S/c16-11-1-4-14-13(9-11)15(18-10-17-14)19-5-7-20(8-6-19)23(21,22)12-2-3-12/h1,4,9-10,12H,2-3,5-8H2. The largest absolute Gasteiger partial charge is 0.353 e. The molecule has 1 aromatic carbocycles. The molecule has 0 atom stereocenters. The Morgan fingerprint density at radius 2 is 1.83 bits per heavy atom. The molecule has 0 radical (unpaired) electrons. The van der Waals surface area contributed by atoms with E-state index in [1.807, 2.05) is 4.90 Å². The van der Waals surface area contributed by atoms with E-state index in [0.717, 1.165) is 12.8 Å². The van der Waals surface area contributed by atoms with E-state index in [0.29, 0.717) is 42.9 Å². The number of hydrogen-bond acceptors (Lipinski definition) is 5. The summed E-state index contributed by atoms with van der Waals surface area (Å²) >= 11 is 0. The Bertz CT molecular complexity index is 846. The molecule has 1 aliphatic heterocycles. The maximum absolute atomic E-state index is 13.5. The molecule has 0 unspecified atom stereocenters. The molecule has 1 aliphatic carbocycles. The first-order chi connectivity index (χ1) is 11.1. The van der Waals surface area contributed by atoms with Gasteiger partial charge in [0.1, 0.15) is 18.0 Å². The summed E-state index contributed by atoms with van der Waals surface area (Å²) in [5.74, 6) is 0.335. The summed E-state index contributed by atoms with van der Waals surface area (Å²) in [6, 6.07) is 4.43. The SMILES string of the molecule is O=S(=O)(C1CC1)N1CCN(c2ncnc3ccc(F)cc23)CC1. The third-order valence-electron chi connectivity index (χ3n) is 4.42. The Balaban J connectivity index is 1.58. The zero-order chi connectivity index (χ0) is 16.0. The fourth-order valence-electron chi connectivity index (χ4n) is 3.00. The van der Waals surface area contributed by atoms with Gasteiger partial charge in [-0.1, -0.05) is 0 Å². The van der Waals surface area contributed by atoms with Crippen molar-refractivity contribution in [2.45, 2.75) is 18.1 Å². The molecule has 1 saturated carbocycles. The summed E-state index contributed by atoms with van der Waals surface area (Å²) in [6.07, 6.45) is 3.01. The van der Waals surface area contributed by atoms with E-state index in [1.165, 1.54) is 18.5 Å². The van der Waals surface area contributed by atoms with Gasteiger partial charge in [0, 0.05) is 31.6 Å². The molecule has 0 spiro atoms. The van der Waals surface area contributed by atoms with Crippen LogP contribution in [0, 0.1) is 5.82 Å². The van der Waals surface area contributed by atoms with Gasteiger partial charge in [-0.15, -0.1) is 0 Å². The van der Waals surface area contributed by atoms with Gasteiger partial charge >= 0.3 is 0 Å². The molecule has 2 aliphatic rings. The fourth-order valence-corrected chi connectivity index (χ4v) is 4.82. The van der Waals surface area contributed by atoms with Crippen LogP contribution in [-0.4, -0.2) is 54.1 Å². The zero-order valence-corrected chi connectivity index (χ0v) is 13.3. The van der Waals surface area contributed by atoms with Crippen molar-refractivity contribution >= 4 is 26.7 Å².